The largest absolute Gasteiger partial charge is 0.493 e. The van der Waals surface area contributed by atoms with Crippen molar-refractivity contribution in [3.05, 3.63) is 95.8 Å². The van der Waals surface area contributed by atoms with Gasteiger partial charge in [0.25, 0.3) is 5.91 Å². The smallest absolute Gasteiger partial charge is 0.343 e. The molecule has 0 bridgehead atoms. The van der Waals surface area contributed by atoms with Gasteiger partial charge in [0, 0.05) is 11.3 Å². The molecule has 1 amide bonds. The van der Waals surface area contributed by atoms with Crippen LogP contribution in [-0.4, -0.2) is 18.5 Å². The second kappa shape index (κ2) is 9.50. The molecular weight excluding hydrogens is 373 g/mol. The van der Waals surface area contributed by atoms with Gasteiger partial charge in [0.05, 0.1) is 6.61 Å². The number of amides is 1. The molecule has 3 rings (SSSR count). The quantitative estimate of drug-likeness (QED) is 0.588. The fraction of sp³-hybridized carbons (Fsp3) is 0.130. The van der Waals surface area contributed by atoms with Crippen LogP contribution in [-0.2, 0) is 9.53 Å². The summed E-state index contributed by atoms with van der Waals surface area (Å²) in [6.07, 6.45) is -1.19. The number of benzene rings is 3. The molecule has 0 aliphatic heterocycles. The average molecular weight is 393 g/mol. The van der Waals surface area contributed by atoms with E-state index in [0.29, 0.717) is 23.6 Å². The first kappa shape index (κ1) is 20.1. The zero-order valence-electron chi connectivity index (χ0n) is 15.8. The molecule has 1 N–H and O–H groups in total. The topological polar surface area (TPSA) is 64.6 Å². The van der Waals surface area contributed by atoms with Crippen molar-refractivity contribution in [1.29, 1.82) is 0 Å². The van der Waals surface area contributed by atoms with Crippen molar-refractivity contribution in [3.8, 4) is 5.75 Å². The summed E-state index contributed by atoms with van der Waals surface area (Å²) in [7, 11) is 0. The maximum atomic E-state index is 13.1. The standard InChI is InChI=1S/C23H20FNO4/c1-2-28-20-11-7-6-10-19(20)23(27)29-21(16-8-4-3-5-9-16)22(26)25-18-14-12-17(24)13-15-18/h3-15,21H,2H2,1H3,(H,25,26)/t21-/m1/s1. The molecule has 1 atom stereocenters. The molecule has 3 aromatic rings. The molecule has 5 nitrogen and oxygen atoms in total. The number of carbonyl (C=O) groups is 2. The monoisotopic (exact) mass is 393 g/mol. The van der Waals surface area contributed by atoms with Crippen molar-refractivity contribution in [2.45, 2.75) is 13.0 Å². The van der Waals surface area contributed by atoms with Gasteiger partial charge in [-0.1, -0.05) is 42.5 Å². The van der Waals surface area contributed by atoms with Crippen molar-refractivity contribution in [2.24, 2.45) is 0 Å². The Morgan fingerprint density at radius 1 is 0.931 bits per heavy atom. The van der Waals surface area contributed by atoms with E-state index in [9.17, 15) is 14.0 Å². The molecule has 148 valence electrons. The molecule has 0 aliphatic rings. The maximum Gasteiger partial charge on any atom is 0.343 e. The van der Waals surface area contributed by atoms with E-state index in [1.54, 1.807) is 54.6 Å². The van der Waals surface area contributed by atoms with Gasteiger partial charge in [0.15, 0.2) is 0 Å². The lowest BCUT2D eigenvalue weighted by atomic mass is 10.1. The van der Waals surface area contributed by atoms with E-state index in [1.807, 2.05) is 6.92 Å². The Morgan fingerprint density at radius 3 is 2.28 bits per heavy atom. The number of halogens is 1. The molecule has 0 fully saturated rings. The average Bonchev–Trinajstić information content (AvgIpc) is 2.74. The van der Waals surface area contributed by atoms with Crippen LogP contribution in [0.25, 0.3) is 0 Å². The lowest BCUT2D eigenvalue weighted by molar-refractivity contribution is -0.125. The predicted octanol–water partition coefficient (Wildman–Crippen LogP) is 4.76. The molecule has 0 aromatic heterocycles. The Balaban J connectivity index is 1.85. The van der Waals surface area contributed by atoms with Gasteiger partial charge in [-0.05, 0) is 43.3 Å². The fourth-order valence-electron chi connectivity index (χ4n) is 2.73. The van der Waals surface area contributed by atoms with Crippen LogP contribution in [0.5, 0.6) is 5.75 Å². The van der Waals surface area contributed by atoms with Gasteiger partial charge in [0.1, 0.15) is 17.1 Å². The van der Waals surface area contributed by atoms with Gasteiger partial charge >= 0.3 is 5.97 Å². The van der Waals surface area contributed by atoms with Crippen LogP contribution in [0.15, 0.2) is 78.9 Å². The highest BCUT2D eigenvalue weighted by atomic mass is 19.1. The van der Waals surface area contributed by atoms with Crippen LogP contribution < -0.4 is 10.1 Å². The van der Waals surface area contributed by atoms with Gasteiger partial charge in [0.2, 0.25) is 6.10 Å². The van der Waals surface area contributed by atoms with E-state index in [1.165, 1.54) is 24.3 Å². The Hall–Kier alpha value is -3.67. The zero-order chi connectivity index (χ0) is 20.6. The van der Waals surface area contributed by atoms with Crippen LogP contribution in [0.1, 0.15) is 28.9 Å². The van der Waals surface area contributed by atoms with Crippen molar-refractivity contribution < 1.29 is 23.5 Å². The number of carbonyl (C=O) groups excluding carboxylic acids is 2. The Labute approximate surface area is 168 Å². The molecule has 0 saturated heterocycles. The minimum atomic E-state index is -1.19. The van der Waals surface area contributed by atoms with Crippen molar-refractivity contribution in [2.75, 3.05) is 11.9 Å². The third-order valence-corrected chi connectivity index (χ3v) is 4.08. The van der Waals surface area contributed by atoms with E-state index in [-0.39, 0.29) is 5.56 Å². The fourth-order valence-corrected chi connectivity index (χ4v) is 2.73. The van der Waals surface area contributed by atoms with Crippen LogP contribution in [0.3, 0.4) is 0 Å². The highest BCUT2D eigenvalue weighted by Crippen LogP contribution is 2.25. The SMILES string of the molecule is CCOc1ccccc1C(=O)O[C@@H](C(=O)Nc1ccc(F)cc1)c1ccccc1. The number of hydrogen-bond donors (Lipinski definition) is 1. The normalized spacial score (nSPS) is 11.4. The molecule has 3 aromatic carbocycles. The van der Waals surface area contributed by atoms with E-state index < -0.39 is 23.8 Å². The van der Waals surface area contributed by atoms with Crippen LogP contribution in [0.2, 0.25) is 0 Å². The molecule has 0 unspecified atom stereocenters. The number of esters is 1. The van der Waals surface area contributed by atoms with Crippen molar-refractivity contribution >= 4 is 17.6 Å². The first-order valence-corrected chi connectivity index (χ1v) is 9.12. The minimum absolute atomic E-state index is 0.227. The Kier molecular flexibility index (Phi) is 6.58. The molecule has 29 heavy (non-hydrogen) atoms. The van der Waals surface area contributed by atoms with Crippen LogP contribution in [0.4, 0.5) is 10.1 Å². The third kappa shape index (κ3) is 5.19. The molecule has 0 heterocycles. The lowest BCUT2D eigenvalue weighted by Gasteiger charge is -2.19. The predicted molar refractivity (Wildman–Crippen MR) is 107 cm³/mol. The summed E-state index contributed by atoms with van der Waals surface area (Å²) in [6, 6.07) is 20.7. The van der Waals surface area contributed by atoms with Crippen LogP contribution in [0, 0.1) is 5.82 Å². The first-order chi connectivity index (χ1) is 14.1. The van der Waals surface area contributed by atoms with Gasteiger partial charge in [-0.3, -0.25) is 4.79 Å². The number of rotatable bonds is 7. The minimum Gasteiger partial charge on any atom is -0.493 e. The highest BCUT2D eigenvalue weighted by Gasteiger charge is 2.27. The lowest BCUT2D eigenvalue weighted by Crippen LogP contribution is -2.26. The second-order valence-corrected chi connectivity index (χ2v) is 6.12. The van der Waals surface area contributed by atoms with Crippen molar-refractivity contribution in [3.63, 3.8) is 0 Å². The molecule has 0 spiro atoms. The molecule has 0 aliphatic carbocycles. The molecular formula is C23H20FNO4. The van der Waals surface area contributed by atoms with Gasteiger partial charge in [-0.25, -0.2) is 9.18 Å². The highest BCUT2D eigenvalue weighted by molar-refractivity contribution is 5.99. The Morgan fingerprint density at radius 2 is 1.59 bits per heavy atom. The van der Waals surface area contributed by atoms with E-state index in [4.69, 9.17) is 9.47 Å². The third-order valence-electron chi connectivity index (χ3n) is 4.08. The summed E-state index contributed by atoms with van der Waals surface area (Å²) in [5.74, 6) is -1.27. The summed E-state index contributed by atoms with van der Waals surface area (Å²) in [6.45, 7) is 2.20. The second-order valence-electron chi connectivity index (χ2n) is 6.12. The summed E-state index contributed by atoms with van der Waals surface area (Å²) < 4.78 is 24.2. The van der Waals surface area contributed by atoms with Gasteiger partial charge < -0.3 is 14.8 Å². The van der Waals surface area contributed by atoms with Gasteiger partial charge in [-0.2, -0.15) is 0 Å². The number of hydrogen-bond acceptors (Lipinski definition) is 4. The summed E-state index contributed by atoms with van der Waals surface area (Å²) >= 11 is 0. The number of nitrogens with one attached hydrogen (secondary N) is 1. The summed E-state index contributed by atoms with van der Waals surface area (Å²) in [5.41, 5.74) is 1.13. The zero-order valence-corrected chi connectivity index (χ0v) is 15.8. The molecule has 6 heteroatoms. The number of ether oxygens (including phenoxy) is 2. The number of para-hydroxylation sites is 1. The summed E-state index contributed by atoms with van der Waals surface area (Å²) in [4.78, 5) is 25.7. The first-order valence-electron chi connectivity index (χ1n) is 9.12. The Bertz CT molecular complexity index is 974. The van der Waals surface area contributed by atoms with Crippen molar-refractivity contribution in [1.82, 2.24) is 0 Å². The molecule has 0 saturated carbocycles. The van der Waals surface area contributed by atoms with E-state index >= 15 is 0 Å². The maximum absolute atomic E-state index is 13.1. The van der Waals surface area contributed by atoms with E-state index in [2.05, 4.69) is 5.32 Å². The van der Waals surface area contributed by atoms with Crippen LogP contribution >= 0.6 is 0 Å². The van der Waals surface area contributed by atoms with E-state index in [0.717, 1.165) is 0 Å². The molecule has 0 radical (unpaired) electrons. The van der Waals surface area contributed by atoms with Gasteiger partial charge in [-0.15, -0.1) is 0 Å². The number of anilines is 1. The summed E-state index contributed by atoms with van der Waals surface area (Å²) in [5, 5.41) is 2.65.